The van der Waals surface area contributed by atoms with Crippen molar-refractivity contribution in [1.82, 2.24) is 4.98 Å². The Bertz CT molecular complexity index is 683. The molecular weight excluding hydrogens is 260 g/mol. The molecule has 1 aromatic carbocycles. The second kappa shape index (κ2) is 5.40. The standard InChI is InChI=1S/C14H12N2O4/c1-8-2-3-9(6-12(8)17)13(18)16-11-7-15-5-4-10(11)14(19)20/h2-7,17H,1H3,(H,16,18)(H,19,20). The minimum atomic E-state index is -1.16. The highest BCUT2D eigenvalue weighted by molar-refractivity contribution is 6.07. The van der Waals surface area contributed by atoms with Crippen LogP contribution in [0.2, 0.25) is 0 Å². The van der Waals surface area contributed by atoms with Gasteiger partial charge in [0.25, 0.3) is 5.91 Å². The number of aromatic carboxylic acids is 1. The fourth-order valence-corrected chi connectivity index (χ4v) is 1.63. The van der Waals surface area contributed by atoms with E-state index < -0.39 is 11.9 Å². The van der Waals surface area contributed by atoms with Crippen molar-refractivity contribution in [2.24, 2.45) is 0 Å². The van der Waals surface area contributed by atoms with Crippen LogP contribution in [0, 0.1) is 6.92 Å². The molecule has 0 aliphatic carbocycles. The number of hydrogen-bond acceptors (Lipinski definition) is 4. The summed E-state index contributed by atoms with van der Waals surface area (Å²) in [5.74, 6) is -1.67. The second-order valence-corrected chi connectivity index (χ2v) is 4.18. The zero-order valence-corrected chi connectivity index (χ0v) is 10.6. The van der Waals surface area contributed by atoms with Crippen molar-refractivity contribution in [3.8, 4) is 5.75 Å². The van der Waals surface area contributed by atoms with Crippen LogP contribution in [0.3, 0.4) is 0 Å². The fraction of sp³-hybridized carbons (Fsp3) is 0.0714. The van der Waals surface area contributed by atoms with E-state index >= 15 is 0 Å². The molecule has 0 unspecified atom stereocenters. The number of nitrogens with one attached hydrogen (secondary N) is 1. The molecule has 2 aromatic rings. The number of aromatic hydroxyl groups is 1. The van der Waals surface area contributed by atoms with E-state index in [1.54, 1.807) is 19.1 Å². The number of carboxylic acid groups (broad SMARTS) is 1. The summed E-state index contributed by atoms with van der Waals surface area (Å²) in [7, 11) is 0. The number of nitrogens with zero attached hydrogens (tertiary/aromatic N) is 1. The summed E-state index contributed by atoms with van der Waals surface area (Å²) in [5.41, 5.74) is 0.928. The lowest BCUT2D eigenvalue weighted by molar-refractivity contribution is 0.0698. The van der Waals surface area contributed by atoms with Gasteiger partial charge in [-0.3, -0.25) is 9.78 Å². The molecule has 0 atom stereocenters. The number of phenolic OH excluding ortho intramolecular Hbond substituents is 1. The first kappa shape index (κ1) is 13.5. The number of hydrogen-bond donors (Lipinski definition) is 3. The first-order valence-corrected chi connectivity index (χ1v) is 5.77. The van der Waals surface area contributed by atoms with Gasteiger partial charge in [0.15, 0.2) is 0 Å². The molecule has 1 heterocycles. The summed E-state index contributed by atoms with van der Waals surface area (Å²) < 4.78 is 0. The van der Waals surface area contributed by atoms with Crippen molar-refractivity contribution in [3.63, 3.8) is 0 Å². The predicted octanol–water partition coefficient (Wildman–Crippen LogP) is 2.05. The minimum Gasteiger partial charge on any atom is -0.508 e. The van der Waals surface area contributed by atoms with Crippen molar-refractivity contribution in [2.45, 2.75) is 6.92 Å². The molecule has 0 spiro atoms. The normalized spacial score (nSPS) is 10.1. The highest BCUT2D eigenvalue weighted by atomic mass is 16.4. The molecule has 1 amide bonds. The molecule has 0 radical (unpaired) electrons. The van der Waals surface area contributed by atoms with Gasteiger partial charge in [0, 0.05) is 11.8 Å². The minimum absolute atomic E-state index is 0.00212. The predicted molar refractivity (Wildman–Crippen MR) is 72.0 cm³/mol. The third-order valence-electron chi connectivity index (χ3n) is 2.77. The van der Waals surface area contributed by atoms with Crippen LogP contribution in [0.5, 0.6) is 5.75 Å². The molecule has 0 aliphatic heterocycles. The smallest absolute Gasteiger partial charge is 0.337 e. The van der Waals surface area contributed by atoms with Crippen molar-refractivity contribution in [2.75, 3.05) is 5.32 Å². The summed E-state index contributed by atoms with van der Waals surface area (Å²) in [4.78, 5) is 26.8. The molecule has 6 heteroatoms. The third-order valence-corrected chi connectivity index (χ3v) is 2.77. The third kappa shape index (κ3) is 2.74. The van der Waals surface area contributed by atoms with E-state index in [2.05, 4.69) is 10.3 Å². The summed E-state index contributed by atoms with van der Waals surface area (Å²) in [5, 5.41) is 21.0. The van der Waals surface area contributed by atoms with Crippen LogP contribution in [-0.2, 0) is 0 Å². The van der Waals surface area contributed by atoms with Crippen LogP contribution in [0.15, 0.2) is 36.7 Å². The zero-order valence-electron chi connectivity index (χ0n) is 10.6. The molecule has 1 aromatic heterocycles. The lowest BCUT2D eigenvalue weighted by atomic mass is 10.1. The van der Waals surface area contributed by atoms with Crippen molar-refractivity contribution >= 4 is 17.6 Å². The van der Waals surface area contributed by atoms with Gasteiger partial charge in [-0.25, -0.2) is 4.79 Å². The number of phenols is 1. The molecule has 0 saturated carbocycles. The van der Waals surface area contributed by atoms with Crippen molar-refractivity contribution in [1.29, 1.82) is 0 Å². The maximum atomic E-state index is 12.0. The Morgan fingerprint density at radius 3 is 2.65 bits per heavy atom. The van der Waals surface area contributed by atoms with Crippen LogP contribution in [-0.4, -0.2) is 27.1 Å². The molecule has 0 bridgehead atoms. The highest BCUT2D eigenvalue weighted by Gasteiger charge is 2.14. The van der Waals surface area contributed by atoms with Gasteiger partial charge < -0.3 is 15.5 Å². The first-order chi connectivity index (χ1) is 9.49. The topological polar surface area (TPSA) is 99.5 Å². The maximum absolute atomic E-state index is 12.0. The molecule has 20 heavy (non-hydrogen) atoms. The van der Waals surface area contributed by atoms with Gasteiger partial charge in [-0.15, -0.1) is 0 Å². The Kier molecular flexibility index (Phi) is 3.65. The van der Waals surface area contributed by atoms with E-state index in [9.17, 15) is 14.7 Å². The number of aryl methyl sites for hydroxylation is 1. The molecule has 0 saturated heterocycles. The number of carbonyl (C=O) groups excluding carboxylic acids is 1. The molecule has 0 fully saturated rings. The lowest BCUT2D eigenvalue weighted by Crippen LogP contribution is -2.15. The summed E-state index contributed by atoms with van der Waals surface area (Å²) in [6.45, 7) is 1.71. The number of carboxylic acids is 1. The Hall–Kier alpha value is -2.89. The fourth-order valence-electron chi connectivity index (χ4n) is 1.63. The van der Waals surface area contributed by atoms with Gasteiger partial charge >= 0.3 is 5.97 Å². The van der Waals surface area contributed by atoms with Gasteiger partial charge in [0.2, 0.25) is 0 Å². The molecule has 102 valence electrons. The second-order valence-electron chi connectivity index (χ2n) is 4.18. The monoisotopic (exact) mass is 272 g/mol. The van der Waals surface area contributed by atoms with E-state index in [4.69, 9.17) is 5.11 Å². The van der Waals surface area contributed by atoms with E-state index in [0.717, 1.165) is 0 Å². The Morgan fingerprint density at radius 1 is 1.25 bits per heavy atom. The average molecular weight is 272 g/mol. The number of pyridine rings is 1. The van der Waals surface area contributed by atoms with E-state index in [0.29, 0.717) is 5.56 Å². The van der Waals surface area contributed by atoms with E-state index in [1.807, 2.05) is 0 Å². The number of anilines is 1. The number of rotatable bonds is 3. The number of benzene rings is 1. The molecule has 3 N–H and O–H groups in total. The lowest BCUT2D eigenvalue weighted by Gasteiger charge is -2.08. The van der Waals surface area contributed by atoms with Gasteiger partial charge in [-0.05, 0) is 30.7 Å². The Morgan fingerprint density at radius 2 is 2.00 bits per heavy atom. The molecule has 0 aliphatic rings. The van der Waals surface area contributed by atoms with Gasteiger partial charge in [-0.1, -0.05) is 6.07 Å². The summed E-state index contributed by atoms with van der Waals surface area (Å²) >= 11 is 0. The molecule has 6 nitrogen and oxygen atoms in total. The van der Waals surface area contributed by atoms with Gasteiger partial charge in [0.05, 0.1) is 17.4 Å². The SMILES string of the molecule is Cc1ccc(C(=O)Nc2cnccc2C(=O)O)cc1O. The van der Waals surface area contributed by atoms with Crippen molar-refractivity contribution in [3.05, 3.63) is 53.3 Å². The number of amides is 1. The van der Waals surface area contributed by atoms with Gasteiger partial charge in [-0.2, -0.15) is 0 Å². The Labute approximate surface area is 114 Å². The number of aromatic nitrogens is 1. The van der Waals surface area contributed by atoms with Crippen LogP contribution in [0.1, 0.15) is 26.3 Å². The molecular formula is C14H12N2O4. The van der Waals surface area contributed by atoms with Gasteiger partial charge in [0.1, 0.15) is 5.75 Å². The van der Waals surface area contributed by atoms with Crippen LogP contribution < -0.4 is 5.32 Å². The number of carbonyl (C=O) groups is 2. The van der Waals surface area contributed by atoms with Crippen molar-refractivity contribution < 1.29 is 19.8 Å². The van der Waals surface area contributed by atoms with Crippen LogP contribution in [0.4, 0.5) is 5.69 Å². The molecule has 2 rings (SSSR count). The van der Waals surface area contributed by atoms with E-state index in [-0.39, 0.29) is 22.6 Å². The van der Waals surface area contributed by atoms with E-state index in [1.165, 1.54) is 24.5 Å². The maximum Gasteiger partial charge on any atom is 0.337 e. The Balaban J connectivity index is 2.28. The average Bonchev–Trinajstić information content (AvgIpc) is 2.42. The highest BCUT2D eigenvalue weighted by Crippen LogP contribution is 2.19. The summed E-state index contributed by atoms with van der Waals surface area (Å²) in [6, 6.07) is 5.76. The largest absolute Gasteiger partial charge is 0.508 e. The quantitative estimate of drug-likeness (QED) is 0.794. The zero-order chi connectivity index (χ0) is 14.7. The van der Waals surface area contributed by atoms with Crippen LogP contribution >= 0.6 is 0 Å². The van der Waals surface area contributed by atoms with Crippen LogP contribution in [0.25, 0.3) is 0 Å². The summed E-state index contributed by atoms with van der Waals surface area (Å²) in [6.07, 6.45) is 2.59. The first-order valence-electron chi connectivity index (χ1n) is 5.77.